The Kier molecular flexibility index (Phi) is 5.91. The summed E-state index contributed by atoms with van der Waals surface area (Å²) in [6.07, 6.45) is 5.27. The lowest BCUT2D eigenvalue weighted by molar-refractivity contribution is 0.187. The average molecular weight is 426 g/mol. The number of hydrogen-bond acceptors (Lipinski definition) is 7. The maximum absolute atomic E-state index is 12.7. The number of thiophene rings is 1. The number of nitrogens with one attached hydrogen (secondary N) is 1. The first kappa shape index (κ1) is 20.2. The van der Waals surface area contributed by atoms with Crippen LogP contribution in [0.2, 0.25) is 0 Å². The summed E-state index contributed by atoms with van der Waals surface area (Å²) in [4.78, 5) is 29.0. The Morgan fingerprint density at radius 2 is 2.13 bits per heavy atom. The molecule has 0 radical (unpaired) electrons. The number of ether oxygens (including phenoxy) is 2. The highest BCUT2D eigenvalue weighted by Gasteiger charge is 2.16. The first-order valence-electron chi connectivity index (χ1n) is 9.68. The van der Waals surface area contributed by atoms with E-state index >= 15 is 0 Å². The van der Waals surface area contributed by atoms with Crippen molar-refractivity contribution in [3.63, 3.8) is 0 Å². The number of pyridine rings is 1. The van der Waals surface area contributed by atoms with Gasteiger partial charge in [0.2, 0.25) is 5.88 Å². The largest absolute Gasteiger partial charge is 0.477 e. The lowest BCUT2D eigenvalue weighted by Crippen LogP contribution is -2.12. The van der Waals surface area contributed by atoms with Crippen molar-refractivity contribution < 1.29 is 9.47 Å². The molecule has 4 rings (SSSR count). The van der Waals surface area contributed by atoms with Gasteiger partial charge in [-0.2, -0.15) is 0 Å². The maximum Gasteiger partial charge on any atom is 0.269 e. The van der Waals surface area contributed by atoms with Gasteiger partial charge in [-0.05, 0) is 12.0 Å². The molecule has 4 aromatic rings. The lowest BCUT2D eigenvalue weighted by atomic mass is 10.1. The van der Waals surface area contributed by atoms with Gasteiger partial charge < -0.3 is 19.0 Å². The van der Waals surface area contributed by atoms with Crippen molar-refractivity contribution in [1.29, 1.82) is 0 Å². The number of fused-ring (bicyclic) bond motifs is 1. The van der Waals surface area contributed by atoms with Gasteiger partial charge in [-0.1, -0.05) is 13.8 Å². The summed E-state index contributed by atoms with van der Waals surface area (Å²) in [6, 6.07) is 3.78. The standard InChI is InChI=1S/C21H23N5O3S/c1-13(2)11-29-16-5-4-14(10-23-16)15-12-30-18-17(15)24-19(25-21(18)27)20-22-6-7-26(20)8-9-28-3/h4-7,10,12-13H,8-9,11H2,1-3H3,(H,24,25,27). The third kappa shape index (κ3) is 4.12. The zero-order valence-corrected chi connectivity index (χ0v) is 17.9. The van der Waals surface area contributed by atoms with Gasteiger partial charge in [0.1, 0.15) is 4.70 Å². The van der Waals surface area contributed by atoms with E-state index < -0.39 is 0 Å². The normalized spacial score (nSPS) is 11.5. The molecule has 0 atom stereocenters. The van der Waals surface area contributed by atoms with Crippen molar-refractivity contribution in [2.75, 3.05) is 20.3 Å². The van der Waals surface area contributed by atoms with Crippen LogP contribution in [-0.4, -0.2) is 44.8 Å². The van der Waals surface area contributed by atoms with Crippen LogP contribution >= 0.6 is 11.3 Å². The van der Waals surface area contributed by atoms with Crippen molar-refractivity contribution in [1.82, 2.24) is 24.5 Å². The summed E-state index contributed by atoms with van der Waals surface area (Å²) < 4.78 is 13.3. The first-order valence-corrected chi connectivity index (χ1v) is 10.6. The summed E-state index contributed by atoms with van der Waals surface area (Å²) in [7, 11) is 1.65. The molecule has 0 unspecified atom stereocenters. The lowest BCUT2D eigenvalue weighted by Gasteiger charge is -2.08. The number of H-pyrrole nitrogens is 1. The SMILES string of the molecule is COCCn1ccnc1-c1nc2c(-c3ccc(OCC(C)C)nc3)csc2c(=O)[nH]1. The van der Waals surface area contributed by atoms with Gasteiger partial charge >= 0.3 is 0 Å². The number of methoxy groups -OCH3 is 1. The minimum atomic E-state index is -0.183. The molecular weight excluding hydrogens is 402 g/mol. The van der Waals surface area contributed by atoms with E-state index in [9.17, 15) is 4.79 Å². The van der Waals surface area contributed by atoms with Crippen LogP contribution in [0.25, 0.3) is 33.0 Å². The fourth-order valence-corrected chi connectivity index (χ4v) is 3.92. The second-order valence-electron chi connectivity index (χ2n) is 7.27. The average Bonchev–Trinajstić information content (AvgIpc) is 3.38. The summed E-state index contributed by atoms with van der Waals surface area (Å²) in [6.45, 7) is 5.95. The minimum absolute atomic E-state index is 0.183. The molecular formula is C21H23N5O3S. The molecule has 4 heterocycles. The summed E-state index contributed by atoms with van der Waals surface area (Å²) in [5.74, 6) is 2.04. The third-order valence-corrected chi connectivity index (χ3v) is 5.47. The van der Waals surface area contributed by atoms with Crippen LogP contribution in [0, 0.1) is 5.92 Å². The van der Waals surface area contributed by atoms with Crippen LogP contribution in [-0.2, 0) is 11.3 Å². The summed E-state index contributed by atoms with van der Waals surface area (Å²) in [5.41, 5.74) is 2.19. The highest BCUT2D eigenvalue weighted by atomic mass is 32.1. The molecule has 0 aromatic carbocycles. The zero-order valence-electron chi connectivity index (χ0n) is 17.1. The predicted octanol–water partition coefficient (Wildman–Crippen LogP) is 3.59. The van der Waals surface area contributed by atoms with Gasteiger partial charge in [-0.25, -0.2) is 15.0 Å². The Labute approximate surface area is 177 Å². The van der Waals surface area contributed by atoms with E-state index in [0.29, 0.717) is 53.4 Å². The van der Waals surface area contributed by atoms with Gasteiger partial charge in [0.15, 0.2) is 11.6 Å². The van der Waals surface area contributed by atoms with Crippen LogP contribution in [0.15, 0.2) is 40.9 Å². The number of aromatic amines is 1. The molecule has 0 amide bonds. The Hall–Kier alpha value is -3.04. The maximum atomic E-state index is 12.7. The van der Waals surface area contributed by atoms with Crippen molar-refractivity contribution in [2.45, 2.75) is 20.4 Å². The highest BCUT2D eigenvalue weighted by molar-refractivity contribution is 7.17. The van der Waals surface area contributed by atoms with Crippen LogP contribution < -0.4 is 10.3 Å². The van der Waals surface area contributed by atoms with Crippen molar-refractivity contribution >= 4 is 21.6 Å². The van der Waals surface area contributed by atoms with Crippen molar-refractivity contribution in [2.24, 2.45) is 5.92 Å². The van der Waals surface area contributed by atoms with Crippen molar-refractivity contribution in [3.8, 4) is 28.7 Å². The molecule has 0 fully saturated rings. The Bertz CT molecular complexity index is 1190. The Balaban J connectivity index is 1.71. The molecule has 0 spiro atoms. The van der Waals surface area contributed by atoms with E-state index in [1.807, 2.05) is 28.3 Å². The van der Waals surface area contributed by atoms with Gasteiger partial charge in [0.05, 0.1) is 18.7 Å². The second kappa shape index (κ2) is 8.76. The topological polar surface area (TPSA) is 94.9 Å². The molecule has 0 aliphatic carbocycles. The second-order valence-corrected chi connectivity index (χ2v) is 8.15. The van der Waals surface area contributed by atoms with Gasteiger partial charge in [-0.3, -0.25) is 4.79 Å². The van der Waals surface area contributed by atoms with Gasteiger partial charge in [-0.15, -0.1) is 11.3 Å². The molecule has 0 saturated heterocycles. The third-order valence-electron chi connectivity index (χ3n) is 4.50. The fourth-order valence-electron chi connectivity index (χ4n) is 3.01. The van der Waals surface area contributed by atoms with E-state index in [4.69, 9.17) is 14.5 Å². The molecule has 4 aromatic heterocycles. The summed E-state index contributed by atoms with van der Waals surface area (Å²) >= 11 is 1.37. The predicted molar refractivity (Wildman–Crippen MR) is 117 cm³/mol. The van der Waals surface area contributed by atoms with Crippen LogP contribution in [0.3, 0.4) is 0 Å². The fraction of sp³-hybridized carbons (Fsp3) is 0.333. The van der Waals surface area contributed by atoms with Crippen molar-refractivity contribution in [3.05, 3.63) is 46.5 Å². The highest BCUT2D eigenvalue weighted by Crippen LogP contribution is 2.32. The molecule has 8 nitrogen and oxygen atoms in total. The van der Waals surface area contributed by atoms with Gasteiger partial charge in [0.25, 0.3) is 5.56 Å². The van der Waals surface area contributed by atoms with E-state index in [1.165, 1.54) is 11.3 Å². The van der Waals surface area contributed by atoms with Crippen LogP contribution in [0.5, 0.6) is 5.88 Å². The molecule has 0 aliphatic heterocycles. The number of nitrogens with zero attached hydrogens (tertiary/aromatic N) is 4. The number of hydrogen-bond donors (Lipinski definition) is 1. The van der Waals surface area contributed by atoms with E-state index in [1.54, 1.807) is 19.5 Å². The summed E-state index contributed by atoms with van der Waals surface area (Å²) in [5, 5.41) is 1.93. The van der Waals surface area contributed by atoms with E-state index in [-0.39, 0.29) is 5.56 Å². The van der Waals surface area contributed by atoms with E-state index in [0.717, 1.165) is 11.1 Å². The minimum Gasteiger partial charge on any atom is -0.477 e. The zero-order chi connectivity index (χ0) is 21.1. The van der Waals surface area contributed by atoms with Gasteiger partial charge in [0, 0.05) is 54.8 Å². The molecule has 0 bridgehead atoms. The number of aromatic nitrogens is 5. The van der Waals surface area contributed by atoms with E-state index in [2.05, 4.69) is 28.8 Å². The molecule has 30 heavy (non-hydrogen) atoms. The Morgan fingerprint density at radius 1 is 1.27 bits per heavy atom. The quantitative estimate of drug-likeness (QED) is 0.464. The molecule has 9 heteroatoms. The monoisotopic (exact) mass is 425 g/mol. The molecule has 1 N–H and O–H groups in total. The molecule has 0 saturated carbocycles. The van der Waals surface area contributed by atoms with Crippen LogP contribution in [0.1, 0.15) is 13.8 Å². The Morgan fingerprint density at radius 3 is 2.87 bits per heavy atom. The molecule has 156 valence electrons. The van der Waals surface area contributed by atoms with Crippen LogP contribution in [0.4, 0.5) is 0 Å². The smallest absolute Gasteiger partial charge is 0.269 e. The number of rotatable bonds is 8. The first-order chi connectivity index (χ1) is 14.6. The molecule has 0 aliphatic rings. The number of imidazole rings is 1.